The molecule has 88 valence electrons. The van der Waals surface area contributed by atoms with Gasteiger partial charge < -0.3 is 11.1 Å². The van der Waals surface area contributed by atoms with Crippen LogP contribution in [0.25, 0.3) is 0 Å². The van der Waals surface area contributed by atoms with Crippen molar-refractivity contribution in [2.45, 2.75) is 19.4 Å². The van der Waals surface area contributed by atoms with E-state index in [9.17, 15) is 9.18 Å². The van der Waals surface area contributed by atoms with E-state index >= 15 is 0 Å². The summed E-state index contributed by atoms with van der Waals surface area (Å²) < 4.78 is 13.2. The third kappa shape index (κ3) is 3.31. The number of primary amides is 1. The molecular formula is C8H13FN6O. The molecule has 1 unspecified atom stereocenters. The molecule has 6 N–H and O–H groups in total. The monoisotopic (exact) mass is 228 g/mol. The van der Waals surface area contributed by atoms with E-state index in [2.05, 4.69) is 20.7 Å². The predicted molar refractivity (Wildman–Crippen MR) is 56.7 cm³/mol. The minimum atomic E-state index is -0.629. The van der Waals surface area contributed by atoms with Gasteiger partial charge in [0.15, 0.2) is 11.6 Å². The van der Waals surface area contributed by atoms with Gasteiger partial charge in [-0.3, -0.25) is 10.2 Å². The van der Waals surface area contributed by atoms with Crippen molar-refractivity contribution in [3.63, 3.8) is 0 Å². The fraction of sp³-hybridized carbons (Fsp3) is 0.375. The molecule has 1 rings (SSSR count). The minimum Gasteiger partial charge on any atom is -0.370 e. The van der Waals surface area contributed by atoms with Gasteiger partial charge in [0.1, 0.15) is 0 Å². The fourth-order valence-corrected chi connectivity index (χ4v) is 1.12. The van der Waals surface area contributed by atoms with Crippen LogP contribution in [0.15, 0.2) is 6.20 Å². The summed E-state index contributed by atoms with van der Waals surface area (Å²) in [6, 6.07) is -0.326. The SMILES string of the molecule is CC(CC(N)=O)Nc1nc(NN)ncc1F. The van der Waals surface area contributed by atoms with Crippen molar-refractivity contribution in [1.29, 1.82) is 0 Å². The first-order valence-corrected chi connectivity index (χ1v) is 4.57. The van der Waals surface area contributed by atoms with E-state index in [1.54, 1.807) is 6.92 Å². The number of aromatic nitrogens is 2. The molecule has 1 atom stereocenters. The van der Waals surface area contributed by atoms with Crippen molar-refractivity contribution >= 4 is 17.7 Å². The Morgan fingerprint density at radius 3 is 2.94 bits per heavy atom. The van der Waals surface area contributed by atoms with Crippen molar-refractivity contribution < 1.29 is 9.18 Å². The summed E-state index contributed by atoms with van der Waals surface area (Å²) >= 11 is 0. The summed E-state index contributed by atoms with van der Waals surface area (Å²) in [7, 11) is 0. The Balaban J connectivity index is 2.75. The topological polar surface area (TPSA) is 119 Å². The summed E-state index contributed by atoms with van der Waals surface area (Å²) in [6.45, 7) is 1.68. The number of nitrogens with one attached hydrogen (secondary N) is 2. The number of anilines is 2. The molecule has 0 spiro atoms. The molecule has 1 heterocycles. The first-order chi connectivity index (χ1) is 7.52. The maximum Gasteiger partial charge on any atom is 0.239 e. The lowest BCUT2D eigenvalue weighted by atomic mass is 10.2. The molecule has 16 heavy (non-hydrogen) atoms. The van der Waals surface area contributed by atoms with Crippen LogP contribution in [-0.2, 0) is 4.79 Å². The summed E-state index contributed by atoms with van der Waals surface area (Å²) in [5.74, 6) is 4.02. The second-order valence-electron chi connectivity index (χ2n) is 3.25. The molecule has 0 saturated heterocycles. The van der Waals surface area contributed by atoms with E-state index in [0.29, 0.717) is 0 Å². The molecule has 1 amide bonds. The lowest BCUT2D eigenvalue weighted by Gasteiger charge is -2.13. The van der Waals surface area contributed by atoms with Gasteiger partial charge in [-0.15, -0.1) is 0 Å². The Morgan fingerprint density at radius 2 is 2.38 bits per heavy atom. The van der Waals surface area contributed by atoms with Crippen LogP contribution in [0.3, 0.4) is 0 Å². The molecule has 1 aromatic heterocycles. The molecule has 1 aromatic rings. The van der Waals surface area contributed by atoms with Gasteiger partial charge in [0.2, 0.25) is 11.9 Å². The highest BCUT2D eigenvalue weighted by molar-refractivity contribution is 5.74. The number of halogens is 1. The van der Waals surface area contributed by atoms with Gasteiger partial charge in [0, 0.05) is 12.5 Å². The maximum absolute atomic E-state index is 13.2. The second kappa shape index (κ2) is 5.21. The molecule has 0 bridgehead atoms. The Morgan fingerprint density at radius 1 is 1.69 bits per heavy atom. The van der Waals surface area contributed by atoms with E-state index in [-0.39, 0.29) is 24.2 Å². The summed E-state index contributed by atoms with van der Waals surface area (Å²) in [6.07, 6.45) is 1.05. The number of rotatable bonds is 5. The highest BCUT2D eigenvalue weighted by Crippen LogP contribution is 2.13. The Bertz CT molecular complexity index is 385. The van der Waals surface area contributed by atoms with Gasteiger partial charge in [-0.1, -0.05) is 0 Å². The molecule has 7 nitrogen and oxygen atoms in total. The zero-order valence-corrected chi connectivity index (χ0v) is 8.70. The number of amides is 1. The predicted octanol–water partition coefficient (Wildman–Crippen LogP) is -0.423. The number of carbonyl (C=O) groups is 1. The zero-order chi connectivity index (χ0) is 12.1. The number of nitrogens with zero attached hydrogens (tertiary/aromatic N) is 2. The number of hydrogen-bond acceptors (Lipinski definition) is 6. The van der Waals surface area contributed by atoms with Gasteiger partial charge in [-0.2, -0.15) is 4.98 Å². The molecule has 0 aliphatic carbocycles. The minimum absolute atomic E-state index is 0.0308. The number of nitrogens with two attached hydrogens (primary N) is 2. The Hall–Kier alpha value is -1.96. The first-order valence-electron chi connectivity index (χ1n) is 4.57. The van der Waals surface area contributed by atoms with Crippen molar-refractivity contribution in [2.24, 2.45) is 11.6 Å². The highest BCUT2D eigenvalue weighted by Gasteiger charge is 2.11. The van der Waals surface area contributed by atoms with E-state index in [1.807, 2.05) is 0 Å². The average Bonchev–Trinajstić information content (AvgIpc) is 2.20. The number of nitrogen functional groups attached to an aromatic ring is 1. The molecule has 8 heteroatoms. The summed E-state index contributed by atoms with van der Waals surface area (Å²) in [5, 5.41) is 2.69. The molecule has 0 fully saturated rings. The van der Waals surface area contributed by atoms with E-state index in [1.165, 1.54) is 0 Å². The van der Waals surface area contributed by atoms with Crippen LogP contribution in [0.1, 0.15) is 13.3 Å². The number of carbonyl (C=O) groups excluding carboxylic acids is 1. The van der Waals surface area contributed by atoms with Crippen molar-refractivity contribution in [1.82, 2.24) is 9.97 Å². The molecular weight excluding hydrogens is 215 g/mol. The van der Waals surface area contributed by atoms with E-state index in [4.69, 9.17) is 11.6 Å². The second-order valence-corrected chi connectivity index (χ2v) is 3.25. The first kappa shape index (κ1) is 12.1. The molecule has 0 aliphatic heterocycles. The Kier molecular flexibility index (Phi) is 3.95. The van der Waals surface area contributed by atoms with Gasteiger partial charge in [-0.05, 0) is 6.92 Å². The molecule has 0 saturated carbocycles. The fourth-order valence-electron chi connectivity index (χ4n) is 1.12. The van der Waals surface area contributed by atoms with Crippen molar-refractivity contribution in [3.8, 4) is 0 Å². The maximum atomic E-state index is 13.2. The van der Waals surface area contributed by atoms with Crippen molar-refractivity contribution in [3.05, 3.63) is 12.0 Å². The van der Waals surface area contributed by atoms with Gasteiger partial charge in [0.05, 0.1) is 6.20 Å². The van der Waals surface area contributed by atoms with Crippen LogP contribution in [-0.4, -0.2) is 21.9 Å². The smallest absolute Gasteiger partial charge is 0.239 e. The van der Waals surface area contributed by atoms with Crippen LogP contribution in [0.5, 0.6) is 0 Å². The standard InChI is InChI=1S/C8H13FN6O/c1-4(2-6(10)16)13-7-5(9)3-12-8(14-7)15-11/h3-4H,2,11H2,1H3,(H2,10,16)(H2,12,13,14,15). The normalized spacial score (nSPS) is 11.9. The van der Waals surface area contributed by atoms with Crippen LogP contribution >= 0.6 is 0 Å². The van der Waals surface area contributed by atoms with Crippen LogP contribution in [0.2, 0.25) is 0 Å². The van der Waals surface area contributed by atoms with Crippen LogP contribution < -0.4 is 22.3 Å². The average molecular weight is 228 g/mol. The van der Waals surface area contributed by atoms with E-state index in [0.717, 1.165) is 6.20 Å². The van der Waals surface area contributed by atoms with E-state index < -0.39 is 11.7 Å². The van der Waals surface area contributed by atoms with Crippen molar-refractivity contribution in [2.75, 3.05) is 10.7 Å². The quantitative estimate of drug-likeness (QED) is 0.401. The molecule has 0 aromatic carbocycles. The van der Waals surface area contributed by atoms with Gasteiger partial charge >= 0.3 is 0 Å². The third-order valence-corrected chi connectivity index (χ3v) is 1.76. The van der Waals surface area contributed by atoms with Crippen LogP contribution in [0, 0.1) is 5.82 Å². The van der Waals surface area contributed by atoms with Crippen LogP contribution in [0.4, 0.5) is 16.2 Å². The summed E-state index contributed by atoms with van der Waals surface area (Å²) in [5.41, 5.74) is 7.19. The zero-order valence-electron chi connectivity index (χ0n) is 8.70. The number of hydrazine groups is 1. The third-order valence-electron chi connectivity index (χ3n) is 1.76. The molecule has 0 aliphatic rings. The lowest BCUT2D eigenvalue weighted by Crippen LogP contribution is -2.25. The largest absolute Gasteiger partial charge is 0.370 e. The van der Waals surface area contributed by atoms with Gasteiger partial charge in [-0.25, -0.2) is 15.2 Å². The highest BCUT2D eigenvalue weighted by atomic mass is 19.1. The van der Waals surface area contributed by atoms with Gasteiger partial charge in [0.25, 0.3) is 0 Å². The number of hydrogen-bond donors (Lipinski definition) is 4. The molecule has 0 radical (unpaired) electrons. The summed E-state index contributed by atoms with van der Waals surface area (Å²) in [4.78, 5) is 18.0. The Labute approximate surface area is 91.4 Å². The lowest BCUT2D eigenvalue weighted by molar-refractivity contribution is -0.118.